The number of nitrogens with zero attached hydrogens (tertiary/aromatic N) is 2. The van der Waals surface area contributed by atoms with E-state index in [2.05, 4.69) is 15.3 Å². The molecule has 106 valence electrons. The van der Waals surface area contributed by atoms with E-state index in [0.29, 0.717) is 29.2 Å². The number of benzene rings is 1. The van der Waals surface area contributed by atoms with Crippen LogP contribution in [0.25, 0.3) is 22.7 Å². The first-order chi connectivity index (χ1) is 10.2. The van der Waals surface area contributed by atoms with E-state index in [-0.39, 0.29) is 5.91 Å². The zero-order chi connectivity index (χ0) is 14.8. The minimum absolute atomic E-state index is 0.0453. The predicted molar refractivity (Wildman–Crippen MR) is 80.9 cm³/mol. The predicted octanol–water partition coefficient (Wildman–Crippen LogP) is 3.55. The Hall–Kier alpha value is -2.69. The summed E-state index contributed by atoms with van der Waals surface area (Å²) < 4.78 is 5.77. The first kappa shape index (κ1) is 13.3. The van der Waals surface area contributed by atoms with Gasteiger partial charge >= 0.3 is 0 Å². The molecule has 0 saturated carbocycles. The SMILES string of the molecule is CCC(=O)Nc1cccc(C)c1-c1nc2ncccc2o1. The molecule has 2 heterocycles. The molecule has 0 radical (unpaired) electrons. The Bertz CT molecular complexity index is 775. The summed E-state index contributed by atoms with van der Waals surface area (Å²) in [4.78, 5) is 20.3. The van der Waals surface area contributed by atoms with Crippen LogP contribution in [0, 0.1) is 6.92 Å². The maximum absolute atomic E-state index is 11.7. The second-order valence-electron chi connectivity index (χ2n) is 4.74. The van der Waals surface area contributed by atoms with Gasteiger partial charge in [0.05, 0.1) is 11.3 Å². The van der Waals surface area contributed by atoms with Crippen LogP contribution in [0.15, 0.2) is 40.9 Å². The Morgan fingerprint density at radius 3 is 2.90 bits per heavy atom. The molecule has 0 aliphatic carbocycles. The van der Waals surface area contributed by atoms with Crippen molar-refractivity contribution in [1.29, 1.82) is 0 Å². The number of oxazole rings is 1. The second kappa shape index (κ2) is 5.36. The highest BCUT2D eigenvalue weighted by Gasteiger charge is 2.16. The Balaban J connectivity index is 2.14. The molecule has 1 N–H and O–H groups in total. The number of fused-ring (bicyclic) bond motifs is 1. The van der Waals surface area contributed by atoms with Gasteiger partial charge in [0, 0.05) is 12.6 Å². The Morgan fingerprint density at radius 1 is 1.29 bits per heavy atom. The summed E-state index contributed by atoms with van der Waals surface area (Å²) in [6.45, 7) is 3.77. The lowest BCUT2D eigenvalue weighted by molar-refractivity contribution is -0.115. The average Bonchev–Trinajstić information content (AvgIpc) is 2.90. The van der Waals surface area contributed by atoms with Crippen molar-refractivity contribution in [1.82, 2.24) is 9.97 Å². The molecule has 0 unspecified atom stereocenters. The Kier molecular flexibility index (Phi) is 3.39. The number of aryl methyl sites for hydroxylation is 1. The van der Waals surface area contributed by atoms with Crippen molar-refractivity contribution >= 4 is 22.8 Å². The second-order valence-corrected chi connectivity index (χ2v) is 4.74. The van der Waals surface area contributed by atoms with Gasteiger partial charge < -0.3 is 9.73 Å². The maximum Gasteiger partial charge on any atom is 0.231 e. The molecule has 0 bridgehead atoms. The summed E-state index contributed by atoms with van der Waals surface area (Å²) in [5.41, 5.74) is 3.66. The summed E-state index contributed by atoms with van der Waals surface area (Å²) in [7, 11) is 0. The van der Waals surface area contributed by atoms with Crippen molar-refractivity contribution in [2.24, 2.45) is 0 Å². The molecule has 1 amide bonds. The van der Waals surface area contributed by atoms with E-state index < -0.39 is 0 Å². The monoisotopic (exact) mass is 281 g/mol. The quantitative estimate of drug-likeness (QED) is 0.797. The highest BCUT2D eigenvalue weighted by Crippen LogP contribution is 2.32. The smallest absolute Gasteiger partial charge is 0.231 e. The molecule has 0 fully saturated rings. The highest BCUT2D eigenvalue weighted by molar-refractivity contribution is 5.95. The number of aromatic nitrogens is 2. The molecule has 0 aliphatic rings. The first-order valence-electron chi connectivity index (χ1n) is 6.80. The van der Waals surface area contributed by atoms with Crippen LogP contribution in [0.5, 0.6) is 0 Å². The summed E-state index contributed by atoms with van der Waals surface area (Å²) in [5.74, 6) is 0.421. The minimum Gasteiger partial charge on any atom is -0.434 e. The van der Waals surface area contributed by atoms with Crippen molar-refractivity contribution in [3.05, 3.63) is 42.1 Å². The fourth-order valence-electron chi connectivity index (χ4n) is 2.17. The molecule has 0 aliphatic heterocycles. The van der Waals surface area contributed by atoms with E-state index in [1.54, 1.807) is 12.3 Å². The lowest BCUT2D eigenvalue weighted by atomic mass is 10.1. The highest BCUT2D eigenvalue weighted by atomic mass is 16.3. The number of hydrogen-bond acceptors (Lipinski definition) is 4. The lowest BCUT2D eigenvalue weighted by Gasteiger charge is -2.10. The van der Waals surface area contributed by atoms with Crippen molar-refractivity contribution < 1.29 is 9.21 Å². The molecule has 1 aromatic carbocycles. The van der Waals surface area contributed by atoms with E-state index in [1.807, 2.05) is 38.1 Å². The number of rotatable bonds is 3. The number of hydrogen-bond donors (Lipinski definition) is 1. The van der Waals surface area contributed by atoms with Gasteiger partial charge in [0.2, 0.25) is 11.8 Å². The Labute approximate surface area is 122 Å². The fraction of sp³-hybridized carbons (Fsp3) is 0.188. The summed E-state index contributed by atoms with van der Waals surface area (Å²) in [5, 5.41) is 2.88. The summed E-state index contributed by atoms with van der Waals surface area (Å²) in [6.07, 6.45) is 2.09. The number of anilines is 1. The van der Waals surface area contributed by atoms with Crippen LogP contribution in [-0.4, -0.2) is 15.9 Å². The van der Waals surface area contributed by atoms with Crippen LogP contribution in [0.1, 0.15) is 18.9 Å². The molecule has 5 heteroatoms. The van der Waals surface area contributed by atoms with Crippen molar-refractivity contribution in [2.45, 2.75) is 20.3 Å². The van der Waals surface area contributed by atoms with Gasteiger partial charge in [-0.3, -0.25) is 4.79 Å². The zero-order valence-corrected chi connectivity index (χ0v) is 11.9. The fourth-order valence-corrected chi connectivity index (χ4v) is 2.17. The van der Waals surface area contributed by atoms with E-state index >= 15 is 0 Å². The van der Waals surface area contributed by atoms with Gasteiger partial charge in [0.25, 0.3) is 0 Å². The van der Waals surface area contributed by atoms with E-state index in [0.717, 1.165) is 11.1 Å². The molecular formula is C16H15N3O2. The number of carbonyl (C=O) groups is 1. The molecule has 0 spiro atoms. The van der Waals surface area contributed by atoms with Gasteiger partial charge in [0.15, 0.2) is 11.2 Å². The van der Waals surface area contributed by atoms with Gasteiger partial charge in [-0.05, 0) is 30.7 Å². The Morgan fingerprint density at radius 2 is 2.14 bits per heavy atom. The van der Waals surface area contributed by atoms with Crippen LogP contribution in [0.4, 0.5) is 5.69 Å². The first-order valence-corrected chi connectivity index (χ1v) is 6.80. The van der Waals surface area contributed by atoms with Crippen LogP contribution >= 0.6 is 0 Å². The van der Waals surface area contributed by atoms with Gasteiger partial charge in [-0.1, -0.05) is 19.1 Å². The third-order valence-electron chi connectivity index (χ3n) is 3.25. The van der Waals surface area contributed by atoms with Crippen LogP contribution in [0.2, 0.25) is 0 Å². The number of nitrogens with one attached hydrogen (secondary N) is 1. The molecule has 3 rings (SSSR count). The van der Waals surface area contributed by atoms with Gasteiger partial charge in [-0.25, -0.2) is 4.98 Å². The summed E-state index contributed by atoms with van der Waals surface area (Å²) in [6, 6.07) is 9.32. The third-order valence-corrected chi connectivity index (χ3v) is 3.25. The molecule has 0 saturated heterocycles. The normalized spacial score (nSPS) is 10.8. The van der Waals surface area contributed by atoms with Crippen molar-refractivity contribution in [2.75, 3.05) is 5.32 Å². The van der Waals surface area contributed by atoms with Gasteiger partial charge in [0.1, 0.15) is 0 Å². The largest absolute Gasteiger partial charge is 0.434 e. The number of carbonyl (C=O) groups excluding carboxylic acids is 1. The van der Waals surface area contributed by atoms with E-state index in [4.69, 9.17) is 4.42 Å². The van der Waals surface area contributed by atoms with Crippen LogP contribution in [-0.2, 0) is 4.79 Å². The minimum atomic E-state index is -0.0453. The molecule has 3 aromatic rings. The van der Waals surface area contributed by atoms with Crippen molar-refractivity contribution in [3.8, 4) is 11.5 Å². The van der Waals surface area contributed by atoms with Crippen LogP contribution in [0.3, 0.4) is 0 Å². The van der Waals surface area contributed by atoms with E-state index in [1.165, 1.54) is 0 Å². The molecular weight excluding hydrogens is 266 g/mol. The zero-order valence-electron chi connectivity index (χ0n) is 11.9. The molecule has 2 aromatic heterocycles. The van der Waals surface area contributed by atoms with Gasteiger partial charge in [-0.15, -0.1) is 0 Å². The van der Waals surface area contributed by atoms with E-state index in [9.17, 15) is 4.79 Å². The average molecular weight is 281 g/mol. The number of amides is 1. The third kappa shape index (κ3) is 2.50. The molecule has 0 atom stereocenters. The van der Waals surface area contributed by atoms with Crippen LogP contribution < -0.4 is 5.32 Å². The molecule has 5 nitrogen and oxygen atoms in total. The standard InChI is InChI=1S/C16H15N3O2/c1-3-13(20)18-11-7-4-6-10(2)14(11)16-19-15-12(21-16)8-5-9-17-15/h4-9H,3H2,1-2H3,(H,18,20). The van der Waals surface area contributed by atoms with Gasteiger partial charge in [-0.2, -0.15) is 4.98 Å². The summed E-state index contributed by atoms with van der Waals surface area (Å²) >= 11 is 0. The maximum atomic E-state index is 11.7. The van der Waals surface area contributed by atoms with Crippen molar-refractivity contribution in [3.63, 3.8) is 0 Å². The molecule has 21 heavy (non-hydrogen) atoms. The lowest BCUT2D eigenvalue weighted by Crippen LogP contribution is -2.10. The topological polar surface area (TPSA) is 68.0 Å². The number of pyridine rings is 1.